The van der Waals surface area contributed by atoms with E-state index in [4.69, 9.17) is 0 Å². The monoisotopic (exact) mass is 259 g/mol. The maximum absolute atomic E-state index is 11.8. The SMILES string of the molecule is C/C=C/C(=O)N1CCN(C(C)c2cccnc2)CC1. The summed E-state index contributed by atoms with van der Waals surface area (Å²) in [6, 6.07) is 4.43. The van der Waals surface area contributed by atoms with E-state index in [-0.39, 0.29) is 5.91 Å². The second-order valence-electron chi connectivity index (χ2n) is 4.82. The van der Waals surface area contributed by atoms with Crippen LogP contribution in [0.1, 0.15) is 25.5 Å². The summed E-state index contributed by atoms with van der Waals surface area (Å²) < 4.78 is 0. The Kier molecular flexibility index (Phi) is 4.68. The van der Waals surface area contributed by atoms with Crippen molar-refractivity contribution in [3.63, 3.8) is 0 Å². The summed E-state index contributed by atoms with van der Waals surface area (Å²) in [6.45, 7) is 7.50. The molecule has 0 aliphatic carbocycles. The Balaban J connectivity index is 1.91. The molecule has 0 saturated carbocycles. The second-order valence-corrected chi connectivity index (χ2v) is 4.82. The fraction of sp³-hybridized carbons (Fsp3) is 0.467. The minimum Gasteiger partial charge on any atom is -0.337 e. The summed E-state index contributed by atoms with van der Waals surface area (Å²) in [5, 5.41) is 0. The third-order valence-electron chi connectivity index (χ3n) is 3.65. The van der Waals surface area contributed by atoms with Crippen LogP contribution in [-0.4, -0.2) is 46.9 Å². The molecule has 1 saturated heterocycles. The first-order chi connectivity index (χ1) is 9.22. The first-order valence-electron chi connectivity index (χ1n) is 6.78. The number of pyridine rings is 1. The molecule has 102 valence electrons. The van der Waals surface area contributed by atoms with Crippen LogP contribution in [0.2, 0.25) is 0 Å². The number of carbonyl (C=O) groups is 1. The summed E-state index contributed by atoms with van der Waals surface area (Å²) in [7, 11) is 0. The molecule has 4 heteroatoms. The zero-order valence-electron chi connectivity index (χ0n) is 11.6. The van der Waals surface area contributed by atoms with E-state index in [0.29, 0.717) is 6.04 Å². The normalized spacial score (nSPS) is 18.7. The van der Waals surface area contributed by atoms with Crippen LogP contribution in [0.4, 0.5) is 0 Å². The average molecular weight is 259 g/mol. The second kappa shape index (κ2) is 6.48. The highest BCUT2D eigenvalue weighted by molar-refractivity contribution is 5.87. The van der Waals surface area contributed by atoms with Gasteiger partial charge in [-0.05, 0) is 31.6 Å². The molecule has 19 heavy (non-hydrogen) atoms. The lowest BCUT2D eigenvalue weighted by Gasteiger charge is -2.37. The molecule has 1 aromatic rings. The van der Waals surface area contributed by atoms with Crippen molar-refractivity contribution in [1.82, 2.24) is 14.8 Å². The lowest BCUT2D eigenvalue weighted by atomic mass is 10.1. The fourth-order valence-corrected chi connectivity index (χ4v) is 2.41. The molecule has 1 aromatic heterocycles. The summed E-state index contributed by atoms with van der Waals surface area (Å²) in [4.78, 5) is 20.2. The van der Waals surface area contributed by atoms with Crippen molar-refractivity contribution >= 4 is 5.91 Å². The number of piperazine rings is 1. The van der Waals surface area contributed by atoms with Gasteiger partial charge < -0.3 is 4.90 Å². The van der Waals surface area contributed by atoms with Crippen molar-refractivity contribution in [2.45, 2.75) is 19.9 Å². The number of nitrogens with zero attached hydrogens (tertiary/aromatic N) is 3. The number of carbonyl (C=O) groups excluding carboxylic acids is 1. The third kappa shape index (κ3) is 3.41. The van der Waals surface area contributed by atoms with Gasteiger partial charge in [-0.25, -0.2) is 0 Å². The molecule has 1 unspecified atom stereocenters. The number of rotatable bonds is 3. The molecule has 1 aliphatic rings. The molecule has 0 spiro atoms. The molecular formula is C15H21N3O. The smallest absolute Gasteiger partial charge is 0.246 e. The molecule has 2 rings (SSSR count). The summed E-state index contributed by atoms with van der Waals surface area (Å²) in [6.07, 6.45) is 7.15. The van der Waals surface area contributed by atoms with E-state index in [0.717, 1.165) is 26.2 Å². The number of hydrogen-bond acceptors (Lipinski definition) is 3. The molecule has 0 radical (unpaired) electrons. The van der Waals surface area contributed by atoms with Crippen LogP contribution in [0.5, 0.6) is 0 Å². The minimum absolute atomic E-state index is 0.121. The van der Waals surface area contributed by atoms with E-state index in [1.54, 1.807) is 18.3 Å². The number of allylic oxidation sites excluding steroid dienone is 1. The molecular weight excluding hydrogens is 238 g/mol. The minimum atomic E-state index is 0.121. The van der Waals surface area contributed by atoms with E-state index in [9.17, 15) is 4.79 Å². The van der Waals surface area contributed by atoms with Crippen LogP contribution < -0.4 is 0 Å². The Hall–Kier alpha value is -1.68. The lowest BCUT2D eigenvalue weighted by Crippen LogP contribution is -2.48. The first-order valence-corrected chi connectivity index (χ1v) is 6.78. The summed E-state index contributed by atoms with van der Waals surface area (Å²) in [5.74, 6) is 0.121. The van der Waals surface area contributed by atoms with Crippen molar-refractivity contribution in [1.29, 1.82) is 0 Å². The summed E-state index contributed by atoms with van der Waals surface area (Å²) >= 11 is 0. The maximum atomic E-state index is 11.8. The lowest BCUT2D eigenvalue weighted by molar-refractivity contribution is -0.128. The van der Waals surface area contributed by atoms with Crippen LogP contribution >= 0.6 is 0 Å². The topological polar surface area (TPSA) is 36.4 Å². The van der Waals surface area contributed by atoms with Gasteiger partial charge in [-0.1, -0.05) is 12.1 Å². The Morgan fingerprint density at radius 2 is 2.11 bits per heavy atom. The Bertz CT molecular complexity index is 436. The van der Waals surface area contributed by atoms with Crippen molar-refractivity contribution in [3.05, 3.63) is 42.2 Å². The Morgan fingerprint density at radius 1 is 1.37 bits per heavy atom. The molecule has 2 heterocycles. The van der Waals surface area contributed by atoms with Gasteiger partial charge in [0.15, 0.2) is 0 Å². The van der Waals surface area contributed by atoms with E-state index in [2.05, 4.69) is 22.9 Å². The van der Waals surface area contributed by atoms with Gasteiger partial charge in [-0.3, -0.25) is 14.7 Å². The molecule has 0 N–H and O–H groups in total. The quantitative estimate of drug-likeness (QED) is 0.777. The zero-order valence-corrected chi connectivity index (χ0v) is 11.6. The highest BCUT2D eigenvalue weighted by Crippen LogP contribution is 2.20. The molecule has 0 aromatic carbocycles. The molecule has 1 amide bonds. The van der Waals surface area contributed by atoms with E-state index >= 15 is 0 Å². The van der Waals surface area contributed by atoms with Crippen LogP contribution in [0.15, 0.2) is 36.7 Å². The van der Waals surface area contributed by atoms with Gasteiger partial charge in [0, 0.05) is 44.6 Å². The van der Waals surface area contributed by atoms with Crippen LogP contribution in [0.3, 0.4) is 0 Å². The predicted octanol–water partition coefficient (Wildman–Crippen LogP) is 1.86. The highest BCUT2D eigenvalue weighted by Gasteiger charge is 2.23. The van der Waals surface area contributed by atoms with E-state index < -0.39 is 0 Å². The predicted molar refractivity (Wildman–Crippen MR) is 75.6 cm³/mol. The third-order valence-corrected chi connectivity index (χ3v) is 3.65. The molecule has 4 nitrogen and oxygen atoms in total. The van der Waals surface area contributed by atoms with E-state index in [1.165, 1.54) is 5.56 Å². The number of aromatic nitrogens is 1. The first kappa shape index (κ1) is 13.7. The standard InChI is InChI=1S/C15H21N3O/c1-3-5-15(19)18-10-8-17(9-11-18)13(2)14-6-4-7-16-12-14/h3-7,12-13H,8-11H2,1-2H3/b5-3+. The Labute approximate surface area is 114 Å². The van der Waals surface area contributed by atoms with Gasteiger partial charge in [0.05, 0.1) is 0 Å². The fourth-order valence-electron chi connectivity index (χ4n) is 2.41. The summed E-state index contributed by atoms with van der Waals surface area (Å²) in [5.41, 5.74) is 1.23. The van der Waals surface area contributed by atoms with Crippen molar-refractivity contribution in [3.8, 4) is 0 Å². The van der Waals surface area contributed by atoms with Crippen molar-refractivity contribution in [2.75, 3.05) is 26.2 Å². The van der Waals surface area contributed by atoms with Gasteiger partial charge >= 0.3 is 0 Å². The number of hydrogen-bond donors (Lipinski definition) is 0. The van der Waals surface area contributed by atoms with Gasteiger partial charge in [-0.15, -0.1) is 0 Å². The van der Waals surface area contributed by atoms with Crippen LogP contribution in [-0.2, 0) is 4.79 Å². The van der Waals surface area contributed by atoms with Gasteiger partial charge in [0.25, 0.3) is 0 Å². The molecule has 1 aliphatic heterocycles. The van der Waals surface area contributed by atoms with Crippen LogP contribution in [0, 0.1) is 0 Å². The Morgan fingerprint density at radius 3 is 2.68 bits per heavy atom. The zero-order chi connectivity index (χ0) is 13.7. The average Bonchev–Trinajstić information content (AvgIpc) is 2.48. The van der Waals surface area contributed by atoms with Crippen LogP contribution in [0.25, 0.3) is 0 Å². The molecule has 1 atom stereocenters. The van der Waals surface area contributed by atoms with Gasteiger partial charge in [-0.2, -0.15) is 0 Å². The van der Waals surface area contributed by atoms with Gasteiger partial charge in [0.1, 0.15) is 0 Å². The van der Waals surface area contributed by atoms with Crippen molar-refractivity contribution < 1.29 is 4.79 Å². The molecule has 0 bridgehead atoms. The molecule has 1 fully saturated rings. The largest absolute Gasteiger partial charge is 0.337 e. The van der Waals surface area contributed by atoms with E-state index in [1.807, 2.05) is 24.1 Å². The number of amides is 1. The van der Waals surface area contributed by atoms with Gasteiger partial charge in [0.2, 0.25) is 5.91 Å². The maximum Gasteiger partial charge on any atom is 0.246 e. The van der Waals surface area contributed by atoms with Crippen molar-refractivity contribution in [2.24, 2.45) is 0 Å². The highest BCUT2D eigenvalue weighted by atomic mass is 16.2.